The minimum atomic E-state index is -0.491. The van der Waals surface area contributed by atoms with Gasteiger partial charge in [-0.3, -0.25) is 9.59 Å². The van der Waals surface area contributed by atoms with E-state index in [9.17, 15) is 19.8 Å². The molecule has 0 radical (unpaired) electrons. The fourth-order valence-corrected chi connectivity index (χ4v) is 6.42. The third-order valence-corrected chi connectivity index (χ3v) is 8.34. The topological polar surface area (TPSA) is 83.8 Å². The van der Waals surface area contributed by atoms with Crippen LogP contribution in [-0.4, -0.2) is 28.9 Å². The maximum absolute atomic E-state index is 11.9. The zero-order chi connectivity index (χ0) is 23.4. The van der Waals surface area contributed by atoms with Gasteiger partial charge in [0.25, 0.3) is 0 Å². The van der Waals surface area contributed by atoms with E-state index in [0.29, 0.717) is 41.3 Å². The van der Waals surface area contributed by atoms with Crippen molar-refractivity contribution in [3.63, 3.8) is 0 Å². The minimum absolute atomic E-state index is 0.0232. The molecule has 2 unspecified atom stereocenters. The predicted octanol–water partition coefficient (Wildman–Crippen LogP) is 6.02. The van der Waals surface area contributed by atoms with Crippen molar-refractivity contribution < 1.29 is 24.5 Å². The summed E-state index contributed by atoms with van der Waals surface area (Å²) in [6, 6.07) is 0. The predicted molar refractivity (Wildman–Crippen MR) is 124 cm³/mol. The fraction of sp³-hybridized carbons (Fsp3) is 0.630. The van der Waals surface area contributed by atoms with Crippen LogP contribution in [0.1, 0.15) is 98.9 Å². The normalized spacial score (nSPS) is 32.4. The number of fused-ring (bicyclic) bond motifs is 3. The van der Waals surface area contributed by atoms with Gasteiger partial charge in [0.2, 0.25) is 0 Å². The van der Waals surface area contributed by atoms with Crippen molar-refractivity contribution in [2.24, 2.45) is 29.1 Å². The summed E-state index contributed by atoms with van der Waals surface area (Å²) in [7, 11) is 0. The lowest BCUT2D eigenvalue weighted by molar-refractivity contribution is 0.0653. The number of phenols is 2. The summed E-state index contributed by atoms with van der Waals surface area (Å²) in [6.07, 6.45) is 7.97. The first-order valence-corrected chi connectivity index (χ1v) is 12.0. The molecular weight excluding hydrogens is 404 g/mol. The molecule has 0 amide bonds. The molecule has 174 valence electrons. The number of hydrogen-bond donors (Lipinski definition) is 2. The number of rotatable bonds is 4. The molecule has 2 N–H and O–H groups in total. The van der Waals surface area contributed by atoms with E-state index in [1.807, 2.05) is 0 Å². The number of aldehydes is 2. The molecule has 0 aromatic heterocycles. The average molecular weight is 441 g/mol. The lowest BCUT2D eigenvalue weighted by Crippen LogP contribution is -2.38. The number of ether oxygens (including phenoxy) is 1. The van der Waals surface area contributed by atoms with Gasteiger partial charge in [0.05, 0.1) is 11.1 Å². The van der Waals surface area contributed by atoms with Crippen LogP contribution < -0.4 is 4.74 Å². The number of aromatic hydroxyl groups is 2. The van der Waals surface area contributed by atoms with Gasteiger partial charge < -0.3 is 14.9 Å². The van der Waals surface area contributed by atoms with Crippen molar-refractivity contribution >= 4 is 12.6 Å². The Kier molecular flexibility index (Phi) is 5.89. The number of carbonyl (C=O) groups is 2. The van der Waals surface area contributed by atoms with Crippen molar-refractivity contribution in [3.05, 3.63) is 28.3 Å². The largest absolute Gasteiger partial charge is 0.507 e. The highest BCUT2D eigenvalue weighted by molar-refractivity contribution is 5.95. The van der Waals surface area contributed by atoms with Gasteiger partial charge in [0.15, 0.2) is 12.6 Å². The van der Waals surface area contributed by atoms with Crippen LogP contribution in [-0.2, 0) is 0 Å². The Morgan fingerprint density at radius 1 is 1.09 bits per heavy atom. The average Bonchev–Trinajstić information content (AvgIpc) is 3.23. The van der Waals surface area contributed by atoms with Gasteiger partial charge >= 0.3 is 0 Å². The van der Waals surface area contributed by atoms with Gasteiger partial charge in [-0.15, -0.1) is 0 Å². The maximum atomic E-state index is 11.9. The summed E-state index contributed by atoms with van der Waals surface area (Å²) in [4.78, 5) is 23.6. The summed E-state index contributed by atoms with van der Waals surface area (Å²) in [5.41, 5.74) is 1.97. The van der Waals surface area contributed by atoms with Crippen LogP contribution >= 0.6 is 0 Å². The highest BCUT2D eigenvalue weighted by atomic mass is 16.5. The van der Waals surface area contributed by atoms with Gasteiger partial charge in [-0.1, -0.05) is 39.3 Å². The van der Waals surface area contributed by atoms with Crippen LogP contribution in [0.2, 0.25) is 0 Å². The van der Waals surface area contributed by atoms with Crippen LogP contribution in [0.4, 0.5) is 0 Å². The van der Waals surface area contributed by atoms with E-state index in [0.717, 1.165) is 32.1 Å². The number of benzene rings is 1. The Balaban J connectivity index is 1.83. The quantitative estimate of drug-likeness (QED) is 0.442. The molecule has 1 aromatic rings. The van der Waals surface area contributed by atoms with Crippen molar-refractivity contribution in [1.82, 2.24) is 0 Å². The molecule has 0 saturated heterocycles. The van der Waals surface area contributed by atoms with Crippen molar-refractivity contribution in [2.75, 3.05) is 0 Å². The molecule has 5 heteroatoms. The smallest absolute Gasteiger partial charge is 0.157 e. The lowest BCUT2D eigenvalue weighted by Gasteiger charge is -2.42. The van der Waals surface area contributed by atoms with E-state index in [1.165, 1.54) is 5.57 Å². The maximum Gasteiger partial charge on any atom is 0.157 e. The molecule has 5 atom stereocenters. The molecule has 0 spiro atoms. The Bertz CT molecular complexity index is 958. The SMILES string of the molecule is C/C1=C/C2C(CC[C@@H]3Oc4c(C=O)c(O)c(C=O)c(O)c4[C@H](CC(C)C)[C@H]3CC1)C2(C)C. The molecule has 1 aromatic carbocycles. The summed E-state index contributed by atoms with van der Waals surface area (Å²) in [6.45, 7) is 11.2. The molecule has 1 aliphatic heterocycles. The molecule has 1 fully saturated rings. The number of carbonyl (C=O) groups excluding carboxylic acids is 2. The Hall–Kier alpha value is -2.30. The highest BCUT2D eigenvalue weighted by Gasteiger charge is 2.56. The number of hydrogen-bond acceptors (Lipinski definition) is 5. The van der Waals surface area contributed by atoms with E-state index < -0.39 is 5.75 Å². The van der Waals surface area contributed by atoms with Crippen LogP contribution in [0.25, 0.3) is 0 Å². The van der Waals surface area contributed by atoms with Crippen LogP contribution in [0.15, 0.2) is 11.6 Å². The Morgan fingerprint density at radius 3 is 2.41 bits per heavy atom. The molecule has 2 aliphatic carbocycles. The molecule has 32 heavy (non-hydrogen) atoms. The van der Waals surface area contributed by atoms with E-state index in [2.05, 4.69) is 40.7 Å². The first-order valence-electron chi connectivity index (χ1n) is 12.0. The second kappa shape index (κ2) is 8.24. The third kappa shape index (κ3) is 3.64. The van der Waals surface area contributed by atoms with E-state index in [4.69, 9.17) is 4.74 Å². The van der Waals surface area contributed by atoms with Crippen molar-refractivity contribution in [3.8, 4) is 17.2 Å². The Morgan fingerprint density at radius 2 is 1.78 bits per heavy atom. The third-order valence-electron chi connectivity index (χ3n) is 8.34. The standard InChI is InChI=1S/C27H36O5/c1-14(2)10-17-16-7-6-15(3)11-21-20(27(21,4)5)8-9-22(16)32-26-19(13-29)24(30)18(12-28)25(31)23(17)26/h11-14,16-17,20-22,30-31H,6-10H2,1-5H3/b15-11-/t16-,17-,20?,21?,22+/m1/s1. The minimum Gasteiger partial charge on any atom is -0.507 e. The summed E-state index contributed by atoms with van der Waals surface area (Å²) >= 11 is 0. The second-order valence-corrected chi connectivity index (χ2v) is 11.1. The van der Waals surface area contributed by atoms with E-state index in [1.54, 1.807) is 0 Å². The summed E-state index contributed by atoms with van der Waals surface area (Å²) < 4.78 is 6.45. The molecule has 0 bridgehead atoms. The van der Waals surface area contributed by atoms with Gasteiger partial charge in [-0.2, -0.15) is 0 Å². The fourth-order valence-electron chi connectivity index (χ4n) is 6.42. The number of allylic oxidation sites excluding steroid dienone is 2. The number of phenolic OH excluding ortho intramolecular Hbond substituents is 2. The molecule has 5 nitrogen and oxygen atoms in total. The molecular formula is C27H36O5. The molecule has 3 aliphatic rings. The first kappa shape index (κ1) is 22.9. The zero-order valence-corrected chi connectivity index (χ0v) is 19.9. The summed E-state index contributed by atoms with van der Waals surface area (Å²) in [5.74, 6) is 1.24. The van der Waals surface area contributed by atoms with Crippen LogP contribution in [0, 0.1) is 29.1 Å². The lowest BCUT2D eigenvalue weighted by atomic mass is 9.71. The molecule has 4 rings (SSSR count). The van der Waals surface area contributed by atoms with Crippen molar-refractivity contribution in [2.45, 2.75) is 78.7 Å². The van der Waals surface area contributed by atoms with Gasteiger partial charge in [-0.25, -0.2) is 0 Å². The van der Waals surface area contributed by atoms with Crippen LogP contribution in [0.5, 0.6) is 17.2 Å². The van der Waals surface area contributed by atoms with Crippen LogP contribution in [0.3, 0.4) is 0 Å². The monoisotopic (exact) mass is 440 g/mol. The van der Waals surface area contributed by atoms with Crippen molar-refractivity contribution in [1.29, 1.82) is 0 Å². The Labute approximate surface area is 190 Å². The van der Waals surface area contributed by atoms with Gasteiger partial charge in [0.1, 0.15) is 23.4 Å². The zero-order valence-electron chi connectivity index (χ0n) is 19.9. The first-order chi connectivity index (χ1) is 15.1. The molecule has 1 heterocycles. The van der Waals surface area contributed by atoms with Gasteiger partial charge in [-0.05, 0) is 68.1 Å². The van der Waals surface area contributed by atoms with Gasteiger partial charge in [0, 0.05) is 11.5 Å². The van der Waals surface area contributed by atoms with E-state index >= 15 is 0 Å². The van der Waals surface area contributed by atoms with E-state index in [-0.39, 0.29) is 40.6 Å². The highest BCUT2D eigenvalue weighted by Crippen LogP contribution is 2.63. The summed E-state index contributed by atoms with van der Waals surface area (Å²) in [5, 5.41) is 21.5. The second-order valence-electron chi connectivity index (χ2n) is 11.1. The molecule has 1 saturated carbocycles.